The van der Waals surface area contributed by atoms with E-state index in [1.807, 2.05) is 0 Å². The summed E-state index contributed by atoms with van der Waals surface area (Å²) in [5, 5.41) is 0. The fourth-order valence-electron chi connectivity index (χ4n) is 3.63. The van der Waals surface area contributed by atoms with Gasteiger partial charge in [0.25, 0.3) is 0 Å². The van der Waals surface area contributed by atoms with Gasteiger partial charge in [-0.3, -0.25) is 0 Å². The van der Waals surface area contributed by atoms with Crippen LogP contribution < -0.4 is 0 Å². The van der Waals surface area contributed by atoms with E-state index in [2.05, 4.69) is 18.7 Å². The van der Waals surface area contributed by atoms with E-state index < -0.39 is 0 Å². The quantitative estimate of drug-likeness (QED) is 0.636. The average molecular weight is 209 g/mol. The molecule has 1 saturated carbocycles. The molecule has 0 radical (unpaired) electrons. The van der Waals surface area contributed by atoms with Crippen molar-refractivity contribution >= 4 is 0 Å². The Hall–Kier alpha value is -0.0400. The Labute approximate surface area is 95.2 Å². The van der Waals surface area contributed by atoms with E-state index >= 15 is 0 Å². The molecule has 1 heteroatoms. The van der Waals surface area contributed by atoms with Crippen LogP contribution >= 0.6 is 0 Å². The monoisotopic (exact) mass is 209 g/mol. The zero-order chi connectivity index (χ0) is 10.7. The molecule has 1 saturated heterocycles. The molecule has 1 heterocycles. The van der Waals surface area contributed by atoms with Crippen LogP contribution in [0.15, 0.2) is 0 Å². The van der Waals surface area contributed by atoms with Crippen molar-refractivity contribution in [3.63, 3.8) is 0 Å². The highest BCUT2D eigenvalue weighted by molar-refractivity contribution is 4.80. The lowest BCUT2D eigenvalue weighted by Gasteiger charge is -2.30. The fourth-order valence-corrected chi connectivity index (χ4v) is 3.63. The Balaban J connectivity index is 2.05. The van der Waals surface area contributed by atoms with E-state index in [-0.39, 0.29) is 0 Å². The fraction of sp³-hybridized carbons (Fsp3) is 1.00. The van der Waals surface area contributed by atoms with E-state index in [0.717, 1.165) is 17.9 Å². The van der Waals surface area contributed by atoms with Crippen LogP contribution in [-0.2, 0) is 0 Å². The van der Waals surface area contributed by atoms with E-state index in [1.165, 1.54) is 58.0 Å². The minimum absolute atomic E-state index is 0.922. The van der Waals surface area contributed by atoms with Crippen LogP contribution in [0.5, 0.6) is 0 Å². The molecule has 2 fully saturated rings. The smallest absolute Gasteiger partial charge is 0.00952 e. The molecular weight excluding hydrogens is 182 g/mol. The number of hydrogen-bond donors (Lipinski definition) is 0. The maximum atomic E-state index is 2.75. The summed E-state index contributed by atoms with van der Waals surface area (Å²) in [7, 11) is 0. The summed E-state index contributed by atoms with van der Waals surface area (Å²) in [6.07, 6.45) is 10.4. The van der Waals surface area contributed by atoms with Gasteiger partial charge in [-0.05, 0) is 57.0 Å². The molecule has 1 aliphatic carbocycles. The summed E-state index contributed by atoms with van der Waals surface area (Å²) < 4.78 is 0. The third kappa shape index (κ3) is 2.96. The Bertz CT molecular complexity index is 190. The van der Waals surface area contributed by atoms with Crippen molar-refractivity contribution in [2.75, 3.05) is 13.1 Å². The summed E-state index contributed by atoms with van der Waals surface area (Å²) in [5.41, 5.74) is 0. The molecule has 0 N–H and O–H groups in total. The first kappa shape index (κ1) is 11.4. The normalized spacial score (nSPS) is 39.2. The summed E-state index contributed by atoms with van der Waals surface area (Å²) in [4.78, 5) is 2.75. The lowest BCUT2D eigenvalue weighted by molar-refractivity contribution is 0.179. The minimum Gasteiger partial charge on any atom is -0.301 e. The van der Waals surface area contributed by atoms with Gasteiger partial charge in [-0.25, -0.2) is 0 Å². The summed E-state index contributed by atoms with van der Waals surface area (Å²) in [6.45, 7) is 7.42. The van der Waals surface area contributed by atoms with Crippen molar-refractivity contribution in [3.8, 4) is 0 Å². The van der Waals surface area contributed by atoms with Gasteiger partial charge in [0, 0.05) is 6.04 Å². The first-order chi connectivity index (χ1) is 7.29. The first-order valence-corrected chi connectivity index (χ1v) is 7.03. The van der Waals surface area contributed by atoms with Gasteiger partial charge in [0.05, 0.1) is 0 Å². The van der Waals surface area contributed by atoms with Crippen LogP contribution in [0.4, 0.5) is 0 Å². The Morgan fingerprint density at radius 2 is 1.93 bits per heavy atom. The summed E-state index contributed by atoms with van der Waals surface area (Å²) >= 11 is 0. The number of rotatable bonds is 1. The van der Waals surface area contributed by atoms with Crippen LogP contribution in [0, 0.1) is 11.8 Å². The lowest BCUT2D eigenvalue weighted by atomic mass is 9.88. The van der Waals surface area contributed by atoms with Gasteiger partial charge in [0.15, 0.2) is 0 Å². The second-order valence-electron chi connectivity index (χ2n) is 5.79. The molecule has 15 heavy (non-hydrogen) atoms. The molecule has 88 valence electrons. The second-order valence-corrected chi connectivity index (χ2v) is 5.79. The largest absolute Gasteiger partial charge is 0.301 e. The van der Waals surface area contributed by atoms with Gasteiger partial charge in [0.1, 0.15) is 0 Å². The van der Waals surface area contributed by atoms with Crippen molar-refractivity contribution in [2.24, 2.45) is 11.8 Å². The van der Waals surface area contributed by atoms with Gasteiger partial charge >= 0.3 is 0 Å². The van der Waals surface area contributed by atoms with Crippen LogP contribution in [0.3, 0.4) is 0 Å². The van der Waals surface area contributed by atoms with Crippen LogP contribution in [0.2, 0.25) is 0 Å². The van der Waals surface area contributed by atoms with Gasteiger partial charge in [-0.1, -0.05) is 26.7 Å². The van der Waals surface area contributed by atoms with Gasteiger partial charge in [0.2, 0.25) is 0 Å². The van der Waals surface area contributed by atoms with Gasteiger partial charge in [-0.15, -0.1) is 0 Å². The zero-order valence-corrected chi connectivity index (χ0v) is 10.5. The molecular formula is C14H27N. The zero-order valence-electron chi connectivity index (χ0n) is 10.5. The number of fused-ring (bicyclic) bond motifs is 3. The lowest BCUT2D eigenvalue weighted by Crippen LogP contribution is -2.35. The third-order valence-electron chi connectivity index (χ3n) is 4.63. The molecule has 2 rings (SSSR count). The van der Waals surface area contributed by atoms with E-state index in [1.54, 1.807) is 0 Å². The predicted octanol–water partition coefficient (Wildman–Crippen LogP) is 3.69. The van der Waals surface area contributed by atoms with Crippen molar-refractivity contribution in [3.05, 3.63) is 0 Å². The second kappa shape index (κ2) is 5.34. The van der Waals surface area contributed by atoms with E-state index in [0.29, 0.717) is 0 Å². The molecule has 0 aromatic carbocycles. The molecule has 1 unspecified atom stereocenters. The highest BCUT2D eigenvalue weighted by Gasteiger charge is 2.26. The molecule has 3 atom stereocenters. The summed E-state index contributed by atoms with van der Waals surface area (Å²) in [5.74, 6) is 2.02. The highest BCUT2D eigenvalue weighted by atomic mass is 15.1. The Kier molecular flexibility index (Phi) is 4.07. The van der Waals surface area contributed by atoms with E-state index in [9.17, 15) is 0 Å². The molecule has 2 aliphatic rings. The molecule has 2 bridgehead atoms. The molecule has 1 nitrogen and oxygen atoms in total. The maximum Gasteiger partial charge on any atom is 0.00952 e. The Morgan fingerprint density at radius 1 is 1.07 bits per heavy atom. The molecule has 1 aliphatic heterocycles. The predicted molar refractivity (Wildman–Crippen MR) is 66.0 cm³/mol. The molecule has 0 spiro atoms. The molecule has 0 amide bonds. The molecule has 0 aromatic rings. The Morgan fingerprint density at radius 3 is 2.73 bits per heavy atom. The van der Waals surface area contributed by atoms with Crippen molar-refractivity contribution in [1.29, 1.82) is 0 Å². The van der Waals surface area contributed by atoms with Crippen molar-refractivity contribution in [1.82, 2.24) is 4.90 Å². The van der Waals surface area contributed by atoms with Gasteiger partial charge in [-0.2, -0.15) is 0 Å². The first-order valence-electron chi connectivity index (χ1n) is 7.03. The topological polar surface area (TPSA) is 3.24 Å². The average Bonchev–Trinajstić information content (AvgIpc) is 2.42. The third-order valence-corrected chi connectivity index (χ3v) is 4.63. The maximum absolute atomic E-state index is 2.75. The SMILES string of the molecule is CCN1CC[C@H](C)C[C@H]2CCCC1CC2. The van der Waals surface area contributed by atoms with E-state index in [4.69, 9.17) is 0 Å². The minimum atomic E-state index is 0.922. The number of nitrogens with zero attached hydrogens (tertiary/aromatic N) is 1. The van der Waals surface area contributed by atoms with Crippen LogP contribution in [0.1, 0.15) is 58.8 Å². The van der Waals surface area contributed by atoms with Crippen LogP contribution in [-0.4, -0.2) is 24.0 Å². The van der Waals surface area contributed by atoms with Crippen LogP contribution in [0.25, 0.3) is 0 Å². The van der Waals surface area contributed by atoms with Crippen molar-refractivity contribution < 1.29 is 0 Å². The highest BCUT2D eigenvalue weighted by Crippen LogP contribution is 2.33. The molecule has 0 aromatic heterocycles. The summed E-state index contributed by atoms with van der Waals surface area (Å²) in [6, 6.07) is 0.922. The van der Waals surface area contributed by atoms with Gasteiger partial charge < -0.3 is 4.90 Å². The standard InChI is InChI=1S/C14H27N/c1-3-15-10-9-12(2)11-13-5-4-6-14(15)8-7-13/h12-14H,3-11H2,1-2H3/t12-,13-,14?/m0/s1. The van der Waals surface area contributed by atoms with Crippen molar-refractivity contribution in [2.45, 2.75) is 64.8 Å². The number of hydrogen-bond acceptors (Lipinski definition) is 1.